The first-order valence-electron chi connectivity index (χ1n) is 6.44. The van der Waals surface area contributed by atoms with E-state index in [-0.39, 0.29) is 11.9 Å². The number of rotatable bonds is 6. The third kappa shape index (κ3) is 4.21. The van der Waals surface area contributed by atoms with Gasteiger partial charge in [0, 0.05) is 22.9 Å². The molecule has 1 unspecified atom stereocenters. The van der Waals surface area contributed by atoms with Crippen molar-refractivity contribution < 1.29 is 4.39 Å². The van der Waals surface area contributed by atoms with E-state index >= 15 is 0 Å². The summed E-state index contributed by atoms with van der Waals surface area (Å²) < 4.78 is 13.1. The molecule has 0 spiro atoms. The van der Waals surface area contributed by atoms with Crippen molar-refractivity contribution in [1.29, 1.82) is 0 Å². The molecule has 0 saturated carbocycles. The third-order valence-corrected chi connectivity index (χ3v) is 4.20. The van der Waals surface area contributed by atoms with E-state index in [2.05, 4.69) is 10.3 Å². The van der Waals surface area contributed by atoms with Crippen molar-refractivity contribution in [2.24, 2.45) is 0 Å². The molecule has 0 fully saturated rings. The predicted octanol–water partition coefficient (Wildman–Crippen LogP) is 2.73. The van der Waals surface area contributed by atoms with Crippen molar-refractivity contribution in [2.45, 2.75) is 17.4 Å². The Kier molecular flexibility index (Phi) is 5.38. The highest BCUT2D eigenvalue weighted by Crippen LogP contribution is 2.21. The lowest BCUT2D eigenvalue weighted by Gasteiger charge is -2.16. The Morgan fingerprint density at radius 1 is 1.35 bits per heavy atom. The maximum atomic E-state index is 13.1. The topological polar surface area (TPSA) is 50.9 Å². The predicted molar refractivity (Wildman–Crippen MR) is 82.3 cm³/mol. The zero-order chi connectivity index (χ0) is 14.4. The van der Waals surface area contributed by atoms with Crippen LogP contribution >= 0.6 is 11.8 Å². The Morgan fingerprint density at radius 3 is 2.90 bits per heavy atom. The van der Waals surface area contributed by atoms with E-state index in [0.29, 0.717) is 5.82 Å². The summed E-state index contributed by atoms with van der Waals surface area (Å²) in [4.78, 5) is 5.02. The van der Waals surface area contributed by atoms with Crippen LogP contribution < -0.4 is 11.1 Å². The number of halogens is 1. The molecular formula is C15H18FN3S. The molecule has 5 heteroatoms. The molecule has 1 heterocycles. The van der Waals surface area contributed by atoms with Crippen LogP contribution in [0.2, 0.25) is 0 Å². The number of aromatic nitrogens is 1. The SMILES string of the molecule is CNC(CSc1cccc(F)c1)Cc1cccnc1N. The number of benzene rings is 1. The first-order chi connectivity index (χ1) is 9.69. The van der Waals surface area contributed by atoms with E-state index in [9.17, 15) is 4.39 Å². The number of nitrogens with zero attached hydrogens (tertiary/aromatic N) is 1. The van der Waals surface area contributed by atoms with Crippen molar-refractivity contribution in [3.63, 3.8) is 0 Å². The fourth-order valence-electron chi connectivity index (χ4n) is 1.89. The Morgan fingerprint density at radius 2 is 2.20 bits per heavy atom. The first-order valence-corrected chi connectivity index (χ1v) is 7.42. The van der Waals surface area contributed by atoms with E-state index in [1.54, 1.807) is 30.1 Å². The second-order valence-corrected chi connectivity index (χ2v) is 5.60. The van der Waals surface area contributed by atoms with Gasteiger partial charge in [-0.25, -0.2) is 9.37 Å². The highest BCUT2D eigenvalue weighted by molar-refractivity contribution is 7.99. The van der Waals surface area contributed by atoms with Gasteiger partial charge in [-0.2, -0.15) is 0 Å². The fraction of sp³-hybridized carbons (Fsp3) is 0.267. The molecule has 0 aliphatic carbocycles. The molecule has 106 valence electrons. The van der Waals surface area contributed by atoms with E-state index in [4.69, 9.17) is 5.73 Å². The average molecular weight is 291 g/mol. The summed E-state index contributed by atoms with van der Waals surface area (Å²) in [6.45, 7) is 0. The number of hydrogen-bond acceptors (Lipinski definition) is 4. The highest BCUT2D eigenvalue weighted by Gasteiger charge is 2.10. The van der Waals surface area contributed by atoms with Gasteiger partial charge in [-0.15, -0.1) is 11.8 Å². The van der Waals surface area contributed by atoms with Crippen LogP contribution in [0.3, 0.4) is 0 Å². The second kappa shape index (κ2) is 7.26. The summed E-state index contributed by atoms with van der Waals surface area (Å²) in [5.74, 6) is 1.21. The van der Waals surface area contributed by atoms with Crippen LogP contribution in [-0.2, 0) is 6.42 Å². The van der Waals surface area contributed by atoms with Gasteiger partial charge in [0.25, 0.3) is 0 Å². The molecule has 0 aliphatic rings. The van der Waals surface area contributed by atoms with Crippen LogP contribution in [0.15, 0.2) is 47.5 Å². The normalized spacial score (nSPS) is 12.3. The lowest BCUT2D eigenvalue weighted by atomic mass is 10.1. The van der Waals surface area contributed by atoms with Crippen LogP contribution in [0.4, 0.5) is 10.2 Å². The molecule has 1 atom stereocenters. The van der Waals surface area contributed by atoms with Gasteiger partial charge in [0.05, 0.1) is 0 Å². The Bertz CT molecular complexity index is 562. The first kappa shape index (κ1) is 14.8. The van der Waals surface area contributed by atoms with Gasteiger partial charge in [0.2, 0.25) is 0 Å². The zero-order valence-corrected chi connectivity index (χ0v) is 12.2. The summed E-state index contributed by atoms with van der Waals surface area (Å²) in [6, 6.07) is 10.8. The Labute approximate surface area is 122 Å². The molecule has 0 amide bonds. The Hall–Kier alpha value is -1.59. The largest absolute Gasteiger partial charge is 0.383 e. The Balaban J connectivity index is 1.94. The van der Waals surface area contributed by atoms with Gasteiger partial charge in [0.15, 0.2) is 0 Å². The number of thioether (sulfide) groups is 1. The van der Waals surface area contributed by atoms with Crippen LogP contribution in [0.25, 0.3) is 0 Å². The standard InChI is InChI=1S/C15H18FN3S/c1-18-13(8-11-4-3-7-19-15(11)17)10-20-14-6-2-5-12(16)9-14/h2-7,9,13,18H,8,10H2,1H3,(H2,17,19). The summed E-state index contributed by atoms with van der Waals surface area (Å²) in [5.41, 5.74) is 6.89. The minimum absolute atomic E-state index is 0.201. The number of hydrogen-bond donors (Lipinski definition) is 2. The third-order valence-electron chi connectivity index (χ3n) is 3.05. The van der Waals surface area contributed by atoms with Crippen molar-refractivity contribution in [2.75, 3.05) is 18.5 Å². The molecular weight excluding hydrogens is 273 g/mol. The quantitative estimate of drug-likeness (QED) is 0.804. The van der Waals surface area contributed by atoms with Gasteiger partial charge in [-0.1, -0.05) is 12.1 Å². The number of likely N-dealkylation sites (N-methyl/N-ethyl adjacent to an activating group) is 1. The van der Waals surface area contributed by atoms with Crippen molar-refractivity contribution in [1.82, 2.24) is 10.3 Å². The van der Waals surface area contributed by atoms with Crippen molar-refractivity contribution in [3.05, 3.63) is 54.0 Å². The second-order valence-electron chi connectivity index (χ2n) is 4.51. The van der Waals surface area contributed by atoms with Crippen LogP contribution in [0.5, 0.6) is 0 Å². The number of nitrogens with two attached hydrogens (primary N) is 1. The molecule has 1 aromatic heterocycles. The van der Waals surface area contributed by atoms with E-state index in [0.717, 1.165) is 22.6 Å². The molecule has 2 aromatic rings. The monoisotopic (exact) mass is 291 g/mol. The smallest absolute Gasteiger partial charge is 0.126 e. The number of nitrogen functional groups attached to an aromatic ring is 1. The van der Waals surface area contributed by atoms with Crippen LogP contribution in [0, 0.1) is 5.82 Å². The zero-order valence-electron chi connectivity index (χ0n) is 11.3. The lowest BCUT2D eigenvalue weighted by Crippen LogP contribution is -2.30. The molecule has 2 rings (SSSR count). The van der Waals surface area contributed by atoms with Gasteiger partial charge >= 0.3 is 0 Å². The van der Waals surface area contributed by atoms with Crippen molar-refractivity contribution >= 4 is 17.6 Å². The van der Waals surface area contributed by atoms with Crippen LogP contribution in [-0.4, -0.2) is 23.8 Å². The molecule has 0 bridgehead atoms. The molecule has 0 radical (unpaired) electrons. The molecule has 0 aliphatic heterocycles. The van der Waals surface area contributed by atoms with E-state index in [1.165, 1.54) is 6.07 Å². The molecule has 1 aromatic carbocycles. The van der Waals surface area contributed by atoms with Crippen molar-refractivity contribution in [3.8, 4) is 0 Å². The summed E-state index contributed by atoms with van der Waals surface area (Å²) in [7, 11) is 1.92. The molecule has 3 N–H and O–H groups in total. The summed E-state index contributed by atoms with van der Waals surface area (Å²) in [5, 5.41) is 3.26. The number of nitrogens with one attached hydrogen (secondary N) is 1. The van der Waals surface area contributed by atoms with Gasteiger partial charge in [-0.05, 0) is 43.3 Å². The van der Waals surface area contributed by atoms with E-state index < -0.39 is 0 Å². The highest BCUT2D eigenvalue weighted by atomic mass is 32.2. The van der Waals surface area contributed by atoms with Gasteiger partial charge in [-0.3, -0.25) is 0 Å². The minimum atomic E-state index is -0.201. The summed E-state index contributed by atoms with van der Waals surface area (Å²) in [6.07, 6.45) is 2.49. The van der Waals surface area contributed by atoms with Gasteiger partial charge < -0.3 is 11.1 Å². The maximum Gasteiger partial charge on any atom is 0.126 e. The molecule has 0 saturated heterocycles. The number of pyridine rings is 1. The average Bonchev–Trinajstić information content (AvgIpc) is 2.45. The van der Waals surface area contributed by atoms with E-state index in [1.807, 2.05) is 25.2 Å². The minimum Gasteiger partial charge on any atom is -0.383 e. The maximum absolute atomic E-state index is 13.1. The number of anilines is 1. The van der Waals surface area contributed by atoms with Crippen LogP contribution in [0.1, 0.15) is 5.56 Å². The lowest BCUT2D eigenvalue weighted by molar-refractivity contribution is 0.615. The van der Waals surface area contributed by atoms with Gasteiger partial charge in [0.1, 0.15) is 11.6 Å². The summed E-state index contributed by atoms with van der Waals surface area (Å²) >= 11 is 1.63. The molecule has 20 heavy (non-hydrogen) atoms. The fourth-order valence-corrected chi connectivity index (χ4v) is 2.94. The molecule has 3 nitrogen and oxygen atoms in total.